The first-order valence-electron chi connectivity index (χ1n) is 6.13. The number of hydrogen-bond acceptors (Lipinski definition) is 2. The molecular weight excluding hydrogens is 224 g/mol. The fourth-order valence-corrected chi connectivity index (χ4v) is 2.04. The lowest BCUT2D eigenvalue weighted by Gasteiger charge is -2.05. The van der Waals surface area contributed by atoms with E-state index in [1.54, 1.807) is 0 Å². The summed E-state index contributed by atoms with van der Waals surface area (Å²) in [4.78, 5) is 10.3. The molecule has 93 valence electrons. The Balaban J connectivity index is 1.97. The summed E-state index contributed by atoms with van der Waals surface area (Å²) in [5, 5.41) is 4.44. The van der Waals surface area contributed by atoms with E-state index in [2.05, 4.69) is 30.2 Å². The summed E-state index contributed by atoms with van der Waals surface area (Å²) in [7, 11) is 0. The summed E-state index contributed by atoms with van der Waals surface area (Å²) in [6.07, 6.45) is 3.23. The summed E-state index contributed by atoms with van der Waals surface area (Å²) in [6.45, 7) is 4.97. The lowest BCUT2D eigenvalue weighted by atomic mass is 10.1. The van der Waals surface area contributed by atoms with Crippen LogP contribution in [-0.2, 0) is 24.2 Å². The highest BCUT2D eigenvalue weighted by Gasteiger charge is 2.01. The molecule has 1 aromatic carbocycles. The maximum atomic E-state index is 10.3. The average Bonchev–Trinajstić information content (AvgIpc) is 2.67. The molecule has 3 nitrogen and oxygen atoms in total. The Bertz CT molecular complexity index is 526. The quantitative estimate of drug-likeness (QED) is 0.805. The summed E-state index contributed by atoms with van der Waals surface area (Å²) in [5.74, 6) is 0. The molecule has 0 unspecified atom stereocenters. The molecule has 0 saturated heterocycles. The van der Waals surface area contributed by atoms with Crippen molar-refractivity contribution in [2.75, 3.05) is 0 Å². The molecule has 0 amide bonds. The van der Waals surface area contributed by atoms with Crippen molar-refractivity contribution in [1.82, 2.24) is 9.78 Å². The fourth-order valence-electron chi connectivity index (χ4n) is 2.04. The van der Waals surface area contributed by atoms with Gasteiger partial charge in [-0.2, -0.15) is 5.10 Å². The molecular formula is C15H17N2O. The molecule has 0 atom stereocenters. The highest BCUT2D eigenvalue weighted by Crippen LogP contribution is 2.08. The van der Waals surface area contributed by atoms with Gasteiger partial charge >= 0.3 is 0 Å². The Morgan fingerprint density at radius 3 is 2.39 bits per heavy atom. The van der Waals surface area contributed by atoms with Gasteiger partial charge in [0.25, 0.3) is 0 Å². The minimum atomic E-state index is 0.373. The summed E-state index contributed by atoms with van der Waals surface area (Å²) in [6, 6.07) is 10.2. The van der Waals surface area contributed by atoms with Crippen LogP contribution in [0.3, 0.4) is 0 Å². The van der Waals surface area contributed by atoms with E-state index in [1.807, 2.05) is 30.0 Å². The molecule has 0 fully saturated rings. The Morgan fingerprint density at radius 1 is 1.17 bits per heavy atom. The third-order valence-electron chi connectivity index (χ3n) is 3.01. The maximum Gasteiger partial charge on any atom is 0.203 e. The van der Waals surface area contributed by atoms with Crippen LogP contribution in [0.4, 0.5) is 0 Å². The minimum absolute atomic E-state index is 0.373. The SMILES string of the molecule is Cc1cc(C)n(CCc2ccc(C[C]=O)cc2)n1. The van der Waals surface area contributed by atoms with E-state index in [0.717, 1.165) is 24.2 Å². The monoisotopic (exact) mass is 241 g/mol. The van der Waals surface area contributed by atoms with Crippen molar-refractivity contribution in [3.63, 3.8) is 0 Å². The normalized spacial score (nSPS) is 10.6. The van der Waals surface area contributed by atoms with E-state index in [4.69, 9.17) is 0 Å². The molecule has 18 heavy (non-hydrogen) atoms. The van der Waals surface area contributed by atoms with Crippen molar-refractivity contribution in [3.8, 4) is 0 Å². The van der Waals surface area contributed by atoms with Gasteiger partial charge in [-0.3, -0.25) is 9.48 Å². The van der Waals surface area contributed by atoms with Gasteiger partial charge in [0, 0.05) is 18.7 Å². The first kappa shape index (κ1) is 12.6. The van der Waals surface area contributed by atoms with Gasteiger partial charge in [-0.1, -0.05) is 24.3 Å². The van der Waals surface area contributed by atoms with Crippen molar-refractivity contribution in [2.24, 2.45) is 0 Å². The lowest BCUT2D eigenvalue weighted by Crippen LogP contribution is -2.05. The number of nitrogens with zero attached hydrogens (tertiary/aromatic N) is 2. The largest absolute Gasteiger partial charge is 0.291 e. The third kappa shape index (κ3) is 3.06. The predicted octanol–water partition coefficient (Wildman–Crippen LogP) is 2.39. The van der Waals surface area contributed by atoms with Gasteiger partial charge in [0.1, 0.15) is 0 Å². The zero-order valence-corrected chi connectivity index (χ0v) is 10.8. The molecule has 0 spiro atoms. The van der Waals surface area contributed by atoms with Crippen LogP contribution in [0.15, 0.2) is 30.3 Å². The van der Waals surface area contributed by atoms with E-state index in [-0.39, 0.29) is 0 Å². The zero-order chi connectivity index (χ0) is 13.0. The Hall–Kier alpha value is -1.90. The lowest BCUT2D eigenvalue weighted by molar-refractivity contribution is 0.555. The summed E-state index contributed by atoms with van der Waals surface area (Å²) in [5.41, 5.74) is 4.53. The molecule has 0 N–H and O–H groups in total. The second-order valence-electron chi connectivity index (χ2n) is 4.54. The van der Waals surface area contributed by atoms with Gasteiger partial charge in [0.2, 0.25) is 6.29 Å². The summed E-state index contributed by atoms with van der Waals surface area (Å²) < 4.78 is 2.03. The first-order chi connectivity index (χ1) is 8.69. The van der Waals surface area contributed by atoms with Crippen LogP contribution < -0.4 is 0 Å². The van der Waals surface area contributed by atoms with E-state index < -0.39 is 0 Å². The summed E-state index contributed by atoms with van der Waals surface area (Å²) >= 11 is 0. The van der Waals surface area contributed by atoms with E-state index in [1.165, 1.54) is 11.3 Å². The second kappa shape index (κ2) is 5.63. The Morgan fingerprint density at radius 2 is 1.83 bits per heavy atom. The van der Waals surface area contributed by atoms with Crippen LogP contribution >= 0.6 is 0 Å². The highest BCUT2D eigenvalue weighted by molar-refractivity contribution is 5.55. The van der Waals surface area contributed by atoms with Crippen molar-refractivity contribution in [1.29, 1.82) is 0 Å². The molecule has 0 saturated carbocycles. The van der Waals surface area contributed by atoms with Gasteiger partial charge in [-0.05, 0) is 37.5 Å². The average molecular weight is 241 g/mol. The van der Waals surface area contributed by atoms with Crippen molar-refractivity contribution < 1.29 is 4.79 Å². The molecule has 0 aliphatic heterocycles. The molecule has 0 aliphatic carbocycles. The molecule has 3 heteroatoms. The maximum absolute atomic E-state index is 10.3. The number of aromatic nitrogens is 2. The van der Waals surface area contributed by atoms with Crippen LogP contribution in [0.2, 0.25) is 0 Å². The molecule has 0 bridgehead atoms. The molecule has 1 aromatic heterocycles. The second-order valence-corrected chi connectivity index (χ2v) is 4.54. The standard InChI is InChI=1S/C15H17N2O/c1-12-11-13(2)17(16-12)9-7-14-3-5-15(6-4-14)8-10-18/h3-6,11H,7-9H2,1-2H3. The number of carbonyl (C=O) groups excluding carboxylic acids is 1. The smallest absolute Gasteiger partial charge is 0.203 e. The molecule has 1 radical (unpaired) electrons. The van der Waals surface area contributed by atoms with Gasteiger partial charge < -0.3 is 0 Å². The van der Waals surface area contributed by atoms with Crippen molar-refractivity contribution in [3.05, 3.63) is 52.8 Å². The molecule has 2 rings (SSSR count). The fraction of sp³-hybridized carbons (Fsp3) is 0.333. The number of benzene rings is 1. The van der Waals surface area contributed by atoms with Crippen molar-refractivity contribution >= 4 is 6.29 Å². The van der Waals surface area contributed by atoms with E-state index >= 15 is 0 Å². The van der Waals surface area contributed by atoms with Gasteiger partial charge in [0.15, 0.2) is 0 Å². The highest BCUT2D eigenvalue weighted by atomic mass is 16.1. The van der Waals surface area contributed by atoms with E-state index in [0.29, 0.717) is 6.42 Å². The Labute approximate surface area is 107 Å². The molecule has 1 heterocycles. The number of rotatable bonds is 5. The van der Waals surface area contributed by atoms with Crippen LogP contribution in [0, 0.1) is 13.8 Å². The Kier molecular flexibility index (Phi) is 3.92. The van der Waals surface area contributed by atoms with Gasteiger partial charge in [0.05, 0.1) is 5.69 Å². The van der Waals surface area contributed by atoms with Crippen LogP contribution in [0.25, 0.3) is 0 Å². The number of hydrogen-bond donors (Lipinski definition) is 0. The van der Waals surface area contributed by atoms with Crippen LogP contribution in [-0.4, -0.2) is 16.1 Å². The van der Waals surface area contributed by atoms with Crippen LogP contribution in [0.1, 0.15) is 22.5 Å². The first-order valence-corrected chi connectivity index (χ1v) is 6.13. The number of aryl methyl sites for hydroxylation is 4. The van der Waals surface area contributed by atoms with Crippen molar-refractivity contribution in [2.45, 2.75) is 33.2 Å². The predicted molar refractivity (Wildman–Crippen MR) is 71.2 cm³/mol. The van der Waals surface area contributed by atoms with E-state index in [9.17, 15) is 4.79 Å². The zero-order valence-electron chi connectivity index (χ0n) is 10.8. The van der Waals surface area contributed by atoms with Crippen LogP contribution in [0.5, 0.6) is 0 Å². The molecule has 2 aromatic rings. The third-order valence-corrected chi connectivity index (χ3v) is 3.01. The van der Waals surface area contributed by atoms with Gasteiger partial charge in [-0.15, -0.1) is 0 Å². The van der Waals surface area contributed by atoms with Gasteiger partial charge in [-0.25, -0.2) is 0 Å². The topological polar surface area (TPSA) is 34.9 Å². The molecule has 0 aliphatic rings. The minimum Gasteiger partial charge on any atom is -0.291 e.